The van der Waals surface area contributed by atoms with Gasteiger partial charge in [-0.15, -0.1) is 32.9 Å². The van der Waals surface area contributed by atoms with Gasteiger partial charge in [-0.2, -0.15) is 0 Å². The normalized spacial score (nSPS) is 9.05. The van der Waals surface area contributed by atoms with Crippen molar-refractivity contribution >= 4 is 22.7 Å². The van der Waals surface area contributed by atoms with Gasteiger partial charge in [-0.3, -0.25) is 0 Å². The van der Waals surface area contributed by atoms with Crippen LogP contribution in [0.15, 0.2) is 17.1 Å². The number of thiazole rings is 1. The molecule has 110 valence electrons. The van der Waals surface area contributed by atoms with E-state index >= 15 is 0 Å². The van der Waals surface area contributed by atoms with Gasteiger partial charge in [0.15, 0.2) is 0 Å². The second-order valence-electron chi connectivity index (χ2n) is 3.96. The molecule has 0 saturated heterocycles. The van der Waals surface area contributed by atoms with E-state index in [1.54, 1.807) is 28.2 Å². The fraction of sp³-hybridized carbons (Fsp3) is 0.643. The van der Waals surface area contributed by atoms with Crippen molar-refractivity contribution in [1.29, 1.82) is 0 Å². The Morgan fingerprint density at radius 1 is 0.947 bits per heavy atom. The first-order chi connectivity index (χ1) is 8.61. The van der Waals surface area contributed by atoms with Crippen LogP contribution in [0, 0.1) is 0 Å². The van der Waals surface area contributed by atoms with Crippen LogP contribution in [0.3, 0.4) is 0 Å². The van der Waals surface area contributed by atoms with Gasteiger partial charge in [-0.05, 0) is 0 Å². The van der Waals surface area contributed by atoms with Crippen LogP contribution in [-0.4, -0.2) is 15.2 Å². The highest BCUT2D eigenvalue weighted by Crippen LogP contribution is 2.15. The van der Waals surface area contributed by atoms with Crippen molar-refractivity contribution in [2.24, 2.45) is 0 Å². The Hall–Kier alpha value is -0.810. The molecule has 5 heteroatoms. The van der Waals surface area contributed by atoms with Gasteiger partial charge in [0, 0.05) is 23.4 Å². The maximum absolute atomic E-state index is 4.13. The summed E-state index contributed by atoms with van der Waals surface area (Å²) in [5.74, 6) is 1.12. The van der Waals surface area contributed by atoms with Gasteiger partial charge in [0.05, 0.1) is 5.01 Å². The summed E-state index contributed by atoms with van der Waals surface area (Å²) < 4.78 is 0. The third-order valence-electron chi connectivity index (χ3n) is 1.82. The molecule has 0 spiro atoms. The highest BCUT2D eigenvalue weighted by molar-refractivity contribution is 7.09. The first kappa shape index (κ1) is 20.5. The molecule has 19 heavy (non-hydrogen) atoms. The summed E-state index contributed by atoms with van der Waals surface area (Å²) in [5, 5.41) is 11.9. The highest BCUT2D eigenvalue weighted by atomic mass is 32.1. The van der Waals surface area contributed by atoms with E-state index in [1.165, 1.54) is 5.01 Å². The zero-order chi connectivity index (χ0) is 14.0. The monoisotopic (exact) mass is 301 g/mol. The van der Waals surface area contributed by atoms with E-state index in [1.807, 2.05) is 25.4 Å². The third kappa shape index (κ3) is 8.83. The smallest absolute Gasteiger partial charge is 0.119 e. The average molecular weight is 302 g/mol. The maximum Gasteiger partial charge on any atom is 0.119 e. The Labute approximate surface area is 126 Å². The summed E-state index contributed by atoms with van der Waals surface area (Å²) in [5.41, 5.74) is 1.76. The Bertz CT molecular complexity index is 329. The van der Waals surface area contributed by atoms with E-state index in [0.29, 0.717) is 11.8 Å². The summed E-state index contributed by atoms with van der Waals surface area (Å²) >= 11 is 3.33. The van der Waals surface area contributed by atoms with Gasteiger partial charge in [-0.1, -0.05) is 49.0 Å². The maximum atomic E-state index is 4.13. The van der Waals surface area contributed by atoms with Crippen molar-refractivity contribution in [1.82, 2.24) is 15.2 Å². The molecule has 0 bridgehead atoms. The van der Waals surface area contributed by atoms with Crippen LogP contribution in [0.1, 0.15) is 70.8 Å². The van der Waals surface area contributed by atoms with Crippen LogP contribution in [-0.2, 0) is 0 Å². The predicted molar refractivity (Wildman–Crippen MR) is 88.3 cm³/mol. The molecule has 0 N–H and O–H groups in total. The Morgan fingerprint density at radius 3 is 1.74 bits per heavy atom. The molecule has 3 nitrogen and oxygen atoms in total. The summed E-state index contributed by atoms with van der Waals surface area (Å²) in [7, 11) is 0. The van der Waals surface area contributed by atoms with E-state index in [2.05, 4.69) is 42.9 Å². The van der Waals surface area contributed by atoms with E-state index in [9.17, 15) is 0 Å². The third-order valence-corrected chi connectivity index (χ3v) is 3.89. The first-order valence-electron chi connectivity index (χ1n) is 6.26. The molecule has 0 fully saturated rings. The summed E-state index contributed by atoms with van der Waals surface area (Å²) in [6, 6.07) is 0. The Kier molecular flexibility index (Phi) is 13.2. The summed E-state index contributed by atoms with van der Waals surface area (Å²) in [4.78, 5) is 4.13. The molecule has 0 saturated carbocycles. The zero-order valence-electron chi connectivity index (χ0n) is 12.0. The fourth-order valence-corrected chi connectivity index (χ4v) is 2.18. The molecule has 2 aromatic heterocycles. The largest absolute Gasteiger partial charge is 0.249 e. The van der Waals surface area contributed by atoms with Gasteiger partial charge in [0.1, 0.15) is 10.5 Å². The molecular weight excluding hydrogens is 274 g/mol. The second kappa shape index (κ2) is 12.2. The van der Waals surface area contributed by atoms with Crippen LogP contribution >= 0.6 is 22.7 Å². The van der Waals surface area contributed by atoms with Crippen molar-refractivity contribution < 1.29 is 0 Å². The molecule has 0 aromatic carbocycles. The number of hydrogen-bond donors (Lipinski definition) is 0. The quantitative estimate of drug-likeness (QED) is 0.725. The molecule has 0 aliphatic rings. The Morgan fingerprint density at radius 2 is 1.53 bits per heavy atom. The van der Waals surface area contributed by atoms with Gasteiger partial charge >= 0.3 is 0 Å². The van der Waals surface area contributed by atoms with E-state index in [4.69, 9.17) is 0 Å². The molecule has 0 amide bonds. The molecule has 2 aromatic rings. The van der Waals surface area contributed by atoms with Crippen LogP contribution < -0.4 is 0 Å². The number of nitrogens with zero attached hydrogens (tertiary/aromatic N) is 3. The van der Waals surface area contributed by atoms with Crippen LogP contribution in [0.5, 0.6) is 0 Å². The summed E-state index contributed by atoms with van der Waals surface area (Å²) in [6.07, 6.45) is 1.85. The minimum atomic E-state index is 0. The molecule has 0 aliphatic carbocycles. The number of aromatic nitrogens is 3. The molecular formula is C14H27N3S2. The van der Waals surface area contributed by atoms with Gasteiger partial charge in [0.25, 0.3) is 0 Å². The highest BCUT2D eigenvalue weighted by Gasteiger charge is 1.99. The lowest BCUT2D eigenvalue weighted by Crippen LogP contribution is -1.83. The predicted octanol–water partition coefficient (Wildman–Crippen LogP) is 5.59. The topological polar surface area (TPSA) is 38.7 Å². The number of hydrogen-bond acceptors (Lipinski definition) is 5. The first-order valence-corrected chi connectivity index (χ1v) is 8.02. The minimum absolute atomic E-state index is 0. The fourth-order valence-electron chi connectivity index (χ4n) is 0.953. The van der Waals surface area contributed by atoms with Gasteiger partial charge < -0.3 is 0 Å². The lowest BCUT2D eigenvalue weighted by atomic mass is 10.2. The van der Waals surface area contributed by atoms with Crippen LogP contribution in [0.25, 0.3) is 0 Å². The number of rotatable bonds is 2. The van der Waals surface area contributed by atoms with Gasteiger partial charge in [-0.25, -0.2) is 4.98 Å². The Balaban J connectivity index is 0. The molecule has 2 rings (SSSR count). The van der Waals surface area contributed by atoms with Crippen LogP contribution in [0.4, 0.5) is 0 Å². The lowest BCUT2D eigenvalue weighted by molar-refractivity contribution is 0.825. The molecule has 0 radical (unpaired) electrons. The average Bonchev–Trinajstić information content (AvgIpc) is 3.06. The van der Waals surface area contributed by atoms with Gasteiger partial charge in [0.2, 0.25) is 0 Å². The lowest BCUT2D eigenvalue weighted by Gasteiger charge is -1.93. The SMILES string of the molecule is C.CC.CC(C)c1nccs1.CC(C)c1nncs1. The summed E-state index contributed by atoms with van der Waals surface area (Å²) in [6.45, 7) is 12.5. The standard InChI is InChI=1S/C6H9NS.C5H8N2S.C2H6.CH4/c1-5(2)6-7-3-4-8-6;1-4(2)5-7-6-3-8-5;1-2;/h3-5H,1-2H3;3-4H,1-2H3;1-2H3;1H4. The van der Waals surface area contributed by atoms with Crippen molar-refractivity contribution in [2.75, 3.05) is 0 Å². The van der Waals surface area contributed by atoms with Crippen molar-refractivity contribution in [3.63, 3.8) is 0 Å². The van der Waals surface area contributed by atoms with Crippen molar-refractivity contribution in [2.45, 2.75) is 60.8 Å². The molecule has 2 heterocycles. The second-order valence-corrected chi connectivity index (χ2v) is 5.75. The minimum Gasteiger partial charge on any atom is -0.249 e. The van der Waals surface area contributed by atoms with E-state index in [-0.39, 0.29) is 7.43 Å². The molecule has 0 atom stereocenters. The zero-order valence-corrected chi connectivity index (χ0v) is 13.7. The van der Waals surface area contributed by atoms with E-state index in [0.717, 1.165) is 5.01 Å². The van der Waals surface area contributed by atoms with E-state index < -0.39 is 0 Å². The van der Waals surface area contributed by atoms with Crippen LogP contribution in [0.2, 0.25) is 0 Å². The van der Waals surface area contributed by atoms with Crippen molar-refractivity contribution in [3.8, 4) is 0 Å². The molecule has 0 unspecified atom stereocenters. The van der Waals surface area contributed by atoms with Crippen molar-refractivity contribution in [3.05, 3.63) is 27.1 Å². The molecule has 0 aliphatic heterocycles.